The average molecular weight is 413 g/mol. The van der Waals surface area contributed by atoms with Gasteiger partial charge in [0.05, 0.1) is 0 Å². The zero-order chi connectivity index (χ0) is 21.3. The minimum Gasteiger partial charge on any atom is -0.508 e. The topological polar surface area (TPSA) is 60.9 Å². The monoisotopic (exact) mass is 412 g/mol. The van der Waals surface area contributed by atoms with Crippen LogP contribution in [0.25, 0.3) is 0 Å². The second kappa shape index (κ2) is 8.70. The highest BCUT2D eigenvalue weighted by Gasteiger charge is 2.39. The molecule has 2 heterocycles. The van der Waals surface area contributed by atoms with Gasteiger partial charge in [-0.15, -0.1) is 0 Å². The number of phenols is 1. The van der Waals surface area contributed by atoms with Crippen LogP contribution in [-0.4, -0.2) is 52.4 Å². The largest absolute Gasteiger partial charge is 0.508 e. The van der Waals surface area contributed by atoms with Crippen LogP contribution in [0.3, 0.4) is 0 Å². The summed E-state index contributed by atoms with van der Waals surface area (Å²) < 4.78 is 0. The number of unbranched alkanes of at least 4 members (excludes halogenated alkanes) is 3. The maximum absolute atomic E-state index is 12.2. The Morgan fingerprint density at radius 3 is 2.43 bits per heavy atom. The maximum atomic E-state index is 12.2. The SMILES string of the molecule is CC1(C)CC(=O)N(CCCCCCN2CC[C@@H]3c4cccc(O)c4CC[C@@H]32)C(=O)C1. The molecule has 30 heavy (non-hydrogen) atoms. The molecule has 0 bridgehead atoms. The van der Waals surface area contributed by atoms with Gasteiger partial charge in [0.1, 0.15) is 5.75 Å². The zero-order valence-electron chi connectivity index (χ0n) is 18.5. The van der Waals surface area contributed by atoms with Crippen LogP contribution in [0.4, 0.5) is 0 Å². The van der Waals surface area contributed by atoms with Crippen molar-refractivity contribution >= 4 is 11.8 Å². The van der Waals surface area contributed by atoms with Crippen molar-refractivity contribution in [1.29, 1.82) is 0 Å². The second-order valence-corrected chi connectivity index (χ2v) is 10.3. The van der Waals surface area contributed by atoms with Crippen LogP contribution < -0.4 is 0 Å². The molecule has 2 saturated heterocycles. The summed E-state index contributed by atoms with van der Waals surface area (Å²) in [6.07, 6.45) is 8.58. The molecule has 0 unspecified atom stereocenters. The van der Waals surface area contributed by atoms with Gasteiger partial charge in [-0.1, -0.05) is 38.8 Å². The number of rotatable bonds is 7. The summed E-state index contributed by atoms with van der Waals surface area (Å²) in [7, 11) is 0. The van der Waals surface area contributed by atoms with Gasteiger partial charge >= 0.3 is 0 Å². The number of hydrogen-bond acceptors (Lipinski definition) is 4. The first-order valence-electron chi connectivity index (χ1n) is 11.7. The predicted octanol–water partition coefficient (Wildman–Crippen LogP) is 4.23. The molecule has 0 spiro atoms. The molecule has 2 atom stereocenters. The molecule has 5 heteroatoms. The van der Waals surface area contributed by atoms with Crippen molar-refractivity contribution in [3.05, 3.63) is 29.3 Å². The van der Waals surface area contributed by atoms with Crippen molar-refractivity contribution in [2.75, 3.05) is 19.6 Å². The van der Waals surface area contributed by atoms with Crippen molar-refractivity contribution in [2.24, 2.45) is 5.41 Å². The first-order chi connectivity index (χ1) is 14.4. The summed E-state index contributed by atoms with van der Waals surface area (Å²) in [5.41, 5.74) is 2.36. The highest BCUT2D eigenvalue weighted by atomic mass is 16.3. The fourth-order valence-corrected chi connectivity index (χ4v) is 5.84. The summed E-state index contributed by atoms with van der Waals surface area (Å²) in [5, 5.41) is 10.2. The van der Waals surface area contributed by atoms with Crippen LogP contribution in [-0.2, 0) is 16.0 Å². The molecule has 1 N–H and O–H groups in total. The van der Waals surface area contributed by atoms with E-state index in [1.807, 2.05) is 26.0 Å². The highest BCUT2D eigenvalue weighted by molar-refractivity contribution is 5.98. The van der Waals surface area contributed by atoms with Crippen molar-refractivity contribution in [2.45, 2.75) is 83.6 Å². The number of imide groups is 1. The van der Waals surface area contributed by atoms with E-state index >= 15 is 0 Å². The Morgan fingerprint density at radius 1 is 1.00 bits per heavy atom. The van der Waals surface area contributed by atoms with Gasteiger partial charge in [-0.2, -0.15) is 0 Å². The number of carbonyl (C=O) groups is 2. The third kappa shape index (κ3) is 4.41. The quantitative estimate of drug-likeness (QED) is 0.538. The van der Waals surface area contributed by atoms with Crippen LogP contribution in [0.5, 0.6) is 5.75 Å². The Labute approximate surface area is 180 Å². The number of phenolic OH excluding ortho intramolecular Hbond substituents is 1. The van der Waals surface area contributed by atoms with Gasteiger partial charge in [0.2, 0.25) is 11.8 Å². The summed E-state index contributed by atoms with van der Waals surface area (Å²) in [5.74, 6) is 1.05. The van der Waals surface area contributed by atoms with Gasteiger partial charge in [-0.3, -0.25) is 19.4 Å². The Bertz CT molecular complexity index is 784. The molecule has 1 aromatic rings. The third-order valence-electron chi connectivity index (χ3n) is 7.38. The first kappa shape index (κ1) is 21.4. The van der Waals surface area contributed by atoms with E-state index in [9.17, 15) is 14.7 Å². The molecular formula is C25H36N2O3. The van der Waals surface area contributed by atoms with Gasteiger partial charge in [-0.05, 0) is 67.8 Å². The molecular weight excluding hydrogens is 376 g/mol. The average Bonchev–Trinajstić information content (AvgIpc) is 3.09. The van der Waals surface area contributed by atoms with E-state index < -0.39 is 0 Å². The molecule has 0 saturated carbocycles. The van der Waals surface area contributed by atoms with Crippen molar-refractivity contribution in [3.63, 3.8) is 0 Å². The van der Waals surface area contributed by atoms with E-state index in [1.165, 1.54) is 28.9 Å². The summed E-state index contributed by atoms with van der Waals surface area (Å²) in [6.45, 7) is 6.86. The van der Waals surface area contributed by atoms with Crippen LogP contribution in [0, 0.1) is 5.41 Å². The molecule has 2 aliphatic heterocycles. The number of hydrogen-bond donors (Lipinski definition) is 1. The standard InChI is InChI=1S/C25H36N2O3/c1-25(2)16-23(29)27(24(30)17-25)14-6-4-3-5-13-26-15-12-19-18-8-7-9-22(28)20(18)10-11-21(19)26/h7-9,19,21,28H,3-6,10-17H2,1-2H3/t19-,21+/m1/s1. The van der Waals surface area contributed by atoms with Crippen LogP contribution in [0.15, 0.2) is 18.2 Å². The number of aromatic hydroxyl groups is 1. The first-order valence-corrected chi connectivity index (χ1v) is 11.7. The van der Waals surface area contributed by atoms with E-state index in [4.69, 9.17) is 0 Å². The number of amides is 2. The van der Waals surface area contributed by atoms with E-state index in [1.54, 1.807) is 0 Å². The smallest absolute Gasteiger partial charge is 0.229 e. The lowest BCUT2D eigenvalue weighted by molar-refractivity contribution is -0.152. The van der Waals surface area contributed by atoms with E-state index in [0.29, 0.717) is 37.1 Å². The summed E-state index contributed by atoms with van der Waals surface area (Å²) in [4.78, 5) is 28.6. The number of fused-ring (bicyclic) bond motifs is 3. The normalized spacial score (nSPS) is 26.0. The van der Waals surface area contributed by atoms with Crippen molar-refractivity contribution < 1.29 is 14.7 Å². The zero-order valence-corrected chi connectivity index (χ0v) is 18.5. The summed E-state index contributed by atoms with van der Waals surface area (Å²) >= 11 is 0. The molecule has 1 aromatic carbocycles. The third-order valence-corrected chi connectivity index (χ3v) is 7.38. The number of nitrogens with zero attached hydrogens (tertiary/aromatic N) is 2. The maximum Gasteiger partial charge on any atom is 0.229 e. The molecule has 5 nitrogen and oxygen atoms in total. The van der Waals surface area contributed by atoms with Crippen LogP contribution in [0.1, 0.15) is 82.3 Å². The molecule has 3 aliphatic rings. The number of piperidine rings is 1. The Balaban J connectivity index is 1.18. The molecule has 164 valence electrons. The minimum absolute atomic E-state index is 0.00275. The van der Waals surface area contributed by atoms with Gasteiger partial charge < -0.3 is 5.11 Å². The fourth-order valence-electron chi connectivity index (χ4n) is 5.84. The van der Waals surface area contributed by atoms with Crippen molar-refractivity contribution in [1.82, 2.24) is 9.80 Å². The molecule has 4 rings (SSSR count). The molecule has 2 fully saturated rings. The predicted molar refractivity (Wildman–Crippen MR) is 117 cm³/mol. The van der Waals surface area contributed by atoms with Crippen LogP contribution in [0.2, 0.25) is 0 Å². The lowest BCUT2D eigenvalue weighted by Gasteiger charge is -2.34. The Kier molecular flexibility index (Phi) is 6.19. The Hall–Kier alpha value is -1.88. The Morgan fingerprint density at radius 2 is 1.70 bits per heavy atom. The van der Waals surface area contributed by atoms with Gasteiger partial charge in [0, 0.05) is 31.3 Å². The van der Waals surface area contributed by atoms with E-state index in [2.05, 4.69) is 11.0 Å². The van der Waals surface area contributed by atoms with Gasteiger partial charge in [0.25, 0.3) is 0 Å². The van der Waals surface area contributed by atoms with Gasteiger partial charge in [-0.25, -0.2) is 0 Å². The number of likely N-dealkylation sites (tertiary alicyclic amines) is 2. The van der Waals surface area contributed by atoms with E-state index in [-0.39, 0.29) is 17.2 Å². The van der Waals surface area contributed by atoms with E-state index in [0.717, 1.165) is 45.2 Å². The van der Waals surface area contributed by atoms with Crippen LogP contribution >= 0.6 is 0 Å². The molecule has 0 aromatic heterocycles. The lowest BCUT2D eigenvalue weighted by Crippen LogP contribution is -2.46. The van der Waals surface area contributed by atoms with Crippen molar-refractivity contribution in [3.8, 4) is 5.75 Å². The highest BCUT2D eigenvalue weighted by Crippen LogP contribution is 2.43. The number of benzene rings is 1. The van der Waals surface area contributed by atoms with Gasteiger partial charge in [0.15, 0.2) is 0 Å². The molecule has 1 aliphatic carbocycles. The number of carbonyl (C=O) groups excluding carboxylic acids is 2. The second-order valence-electron chi connectivity index (χ2n) is 10.3. The molecule has 2 amide bonds. The fraction of sp³-hybridized carbons (Fsp3) is 0.680. The summed E-state index contributed by atoms with van der Waals surface area (Å²) in [6, 6.07) is 6.63. The lowest BCUT2D eigenvalue weighted by atomic mass is 9.79. The molecule has 0 radical (unpaired) electrons. The minimum atomic E-state index is -0.184.